The third-order valence-corrected chi connectivity index (χ3v) is 4.90. The van der Waals surface area contributed by atoms with Crippen molar-refractivity contribution in [3.05, 3.63) is 72.2 Å². The molecule has 0 N–H and O–H groups in total. The largest absolute Gasteiger partial charge is 0.336 e. The van der Waals surface area contributed by atoms with Crippen molar-refractivity contribution in [2.75, 3.05) is 26.2 Å². The highest BCUT2D eigenvalue weighted by atomic mass is 16.2. The van der Waals surface area contributed by atoms with Crippen LogP contribution in [-0.4, -0.2) is 56.2 Å². The fraction of sp³-hybridized carbons (Fsp3) is 0.300. The van der Waals surface area contributed by atoms with E-state index in [1.54, 1.807) is 10.9 Å². The molecule has 0 saturated carbocycles. The van der Waals surface area contributed by atoms with E-state index in [2.05, 4.69) is 34.3 Å². The number of hydrogen-bond donors (Lipinski definition) is 0. The van der Waals surface area contributed by atoms with Crippen LogP contribution in [0, 0.1) is 0 Å². The first-order chi connectivity index (χ1) is 12.7. The standard InChI is InChI=1S/C20H23N5O/c1-22-19(24-9-5-6-10-24)18(15-21-22)20(26)25-13-11-23(12-14-25)16-17-7-3-2-4-8-17/h2-10,15H,11-14,16H2,1H3. The van der Waals surface area contributed by atoms with Gasteiger partial charge in [0.2, 0.25) is 0 Å². The number of amides is 1. The molecule has 4 rings (SSSR count). The Morgan fingerprint density at radius 2 is 1.69 bits per heavy atom. The monoisotopic (exact) mass is 349 g/mol. The van der Waals surface area contributed by atoms with Gasteiger partial charge in [0.1, 0.15) is 11.4 Å². The summed E-state index contributed by atoms with van der Waals surface area (Å²) in [7, 11) is 1.86. The summed E-state index contributed by atoms with van der Waals surface area (Å²) in [6.45, 7) is 4.20. The molecule has 0 aliphatic carbocycles. The van der Waals surface area contributed by atoms with Crippen LogP contribution in [-0.2, 0) is 13.6 Å². The predicted octanol–water partition coefficient (Wildman–Crippen LogP) is 2.17. The van der Waals surface area contributed by atoms with Gasteiger partial charge in [0.25, 0.3) is 5.91 Å². The first kappa shape index (κ1) is 16.6. The molecule has 1 aromatic carbocycles. The first-order valence-corrected chi connectivity index (χ1v) is 8.93. The van der Waals surface area contributed by atoms with E-state index < -0.39 is 0 Å². The Morgan fingerprint density at radius 1 is 1.00 bits per heavy atom. The Balaban J connectivity index is 1.43. The van der Waals surface area contributed by atoms with Gasteiger partial charge in [0.05, 0.1) is 6.20 Å². The molecule has 3 heterocycles. The van der Waals surface area contributed by atoms with Crippen LogP contribution in [0.1, 0.15) is 15.9 Å². The Hall–Kier alpha value is -2.86. The van der Waals surface area contributed by atoms with Crippen LogP contribution in [0.5, 0.6) is 0 Å². The molecular formula is C20H23N5O. The zero-order chi connectivity index (χ0) is 17.9. The molecule has 1 saturated heterocycles. The summed E-state index contributed by atoms with van der Waals surface area (Å²) in [5, 5.41) is 4.30. The van der Waals surface area contributed by atoms with Gasteiger partial charge in [0, 0.05) is 52.2 Å². The zero-order valence-corrected chi connectivity index (χ0v) is 15.0. The number of nitrogens with zero attached hydrogens (tertiary/aromatic N) is 5. The Labute approximate surface area is 153 Å². The summed E-state index contributed by atoms with van der Waals surface area (Å²) in [5.41, 5.74) is 1.97. The molecule has 3 aromatic rings. The van der Waals surface area contributed by atoms with Crippen molar-refractivity contribution in [3.8, 4) is 5.82 Å². The number of hydrogen-bond acceptors (Lipinski definition) is 3. The Kier molecular flexibility index (Phi) is 4.58. The molecule has 0 radical (unpaired) electrons. The Morgan fingerprint density at radius 3 is 2.38 bits per heavy atom. The van der Waals surface area contributed by atoms with E-state index in [1.807, 2.05) is 47.1 Å². The lowest BCUT2D eigenvalue weighted by Crippen LogP contribution is -2.48. The summed E-state index contributed by atoms with van der Waals surface area (Å²) in [6.07, 6.45) is 5.55. The summed E-state index contributed by atoms with van der Waals surface area (Å²) in [4.78, 5) is 17.4. The first-order valence-electron chi connectivity index (χ1n) is 8.93. The van der Waals surface area contributed by atoms with Gasteiger partial charge in [-0.3, -0.25) is 14.4 Å². The molecule has 6 heteroatoms. The van der Waals surface area contributed by atoms with Gasteiger partial charge in [-0.15, -0.1) is 0 Å². The van der Waals surface area contributed by atoms with Crippen molar-refractivity contribution in [2.45, 2.75) is 6.54 Å². The summed E-state index contributed by atoms with van der Waals surface area (Å²) < 4.78 is 3.69. The average Bonchev–Trinajstić information content (AvgIpc) is 3.32. The van der Waals surface area contributed by atoms with Gasteiger partial charge < -0.3 is 9.47 Å². The number of aromatic nitrogens is 3. The van der Waals surface area contributed by atoms with Gasteiger partial charge in [-0.2, -0.15) is 5.10 Å². The highest BCUT2D eigenvalue weighted by Gasteiger charge is 2.26. The smallest absolute Gasteiger partial charge is 0.259 e. The van der Waals surface area contributed by atoms with Crippen molar-refractivity contribution < 1.29 is 4.79 Å². The van der Waals surface area contributed by atoms with Crippen molar-refractivity contribution in [2.24, 2.45) is 7.05 Å². The van der Waals surface area contributed by atoms with Crippen LogP contribution in [0.3, 0.4) is 0 Å². The number of rotatable bonds is 4. The number of carbonyl (C=O) groups is 1. The number of aryl methyl sites for hydroxylation is 1. The molecule has 0 unspecified atom stereocenters. The molecule has 0 bridgehead atoms. The summed E-state index contributed by atoms with van der Waals surface area (Å²) >= 11 is 0. The maximum atomic E-state index is 13.0. The molecule has 0 atom stereocenters. The molecule has 1 fully saturated rings. The fourth-order valence-corrected chi connectivity index (χ4v) is 3.48. The summed E-state index contributed by atoms with van der Waals surface area (Å²) in [5.74, 6) is 0.868. The van der Waals surface area contributed by atoms with Crippen molar-refractivity contribution in [1.29, 1.82) is 0 Å². The SMILES string of the molecule is Cn1ncc(C(=O)N2CCN(Cc3ccccc3)CC2)c1-n1cccc1. The second-order valence-electron chi connectivity index (χ2n) is 6.65. The van der Waals surface area contributed by atoms with Crippen LogP contribution in [0.4, 0.5) is 0 Å². The third kappa shape index (κ3) is 3.28. The molecule has 1 aliphatic rings. The van der Waals surface area contributed by atoms with Gasteiger partial charge in [-0.25, -0.2) is 0 Å². The summed E-state index contributed by atoms with van der Waals surface area (Å²) in [6, 6.07) is 14.4. The van der Waals surface area contributed by atoms with E-state index in [0.717, 1.165) is 38.5 Å². The molecule has 26 heavy (non-hydrogen) atoms. The lowest BCUT2D eigenvalue weighted by Gasteiger charge is -2.34. The van der Waals surface area contributed by atoms with Crippen LogP contribution >= 0.6 is 0 Å². The molecule has 134 valence electrons. The minimum atomic E-state index is 0.0566. The molecule has 6 nitrogen and oxygen atoms in total. The lowest BCUT2D eigenvalue weighted by molar-refractivity contribution is 0.0628. The number of piperazine rings is 1. The fourth-order valence-electron chi connectivity index (χ4n) is 3.48. The maximum absolute atomic E-state index is 13.0. The number of benzene rings is 1. The molecule has 0 spiro atoms. The van der Waals surface area contributed by atoms with E-state index in [0.29, 0.717) is 5.56 Å². The van der Waals surface area contributed by atoms with E-state index in [-0.39, 0.29) is 5.91 Å². The molecular weight excluding hydrogens is 326 g/mol. The van der Waals surface area contributed by atoms with E-state index in [1.165, 1.54) is 5.56 Å². The second-order valence-corrected chi connectivity index (χ2v) is 6.65. The van der Waals surface area contributed by atoms with E-state index in [4.69, 9.17) is 0 Å². The van der Waals surface area contributed by atoms with E-state index in [9.17, 15) is 4.79 Å². The third-order valence-electron chi connectivity index (χ3n) is 4.90. The molecule has 2 aromatic heterocycles. The minimum Gasteiger partial charge on any atom is -0.336 e. The Bertz CT molecular complexity index is 861. The average molecular weight is 349 g/mol. The minimum absolute atomic E-state index is 0.0566. The van der Waals surface area contributed by atoms with Crippen LogP contribution in [0.2, 0.25) is 0 Å². The van der Waals surface area contributed by atoms with Gasteiger partial charge in [-0.1, -0.05) is 30.3 Å². The maximum Gasteiger partial charge on any atom is 0.259 e. The van der Waals surface area contributed by atoms with Crippen molar-refractivity contribution in [1.82, 2.24) is 24.1 Å². The highest BCUT2D eigenvalue weighted by Crippen LogP contribution is 2.18. The predicted molar refractivity (Wildman–Crippen MR) is 100 cm³/mol. The number of carbonyl (C=O) groups excluding carboxylic acids is 1. The van der Waals surface area contributed by atoms with E-state index >= 15 is 0 Å². The highest BCUT2D eigenvalue weighted by molar-refractivity contribution is 5.97. The van der Waals surface area contributed by atoms with Gasteiger partial charge >= 0.3 is 0 Å². The van der Waals surface area contributed by atoms with Crippen LogP contribution in [0.25, 0.3) is 5.82 Å². The topological polar surface area (TPSA) is 46.3 Å². The van der Waals surface area contributed by atoms with Crippen LogP contribution in [0.15, 0.2) is 61.1 Å². The quantitative estimate of drug-likeness (QED) is 0.725. The molecule has 1 aliphatic heterocycles. The van der Waals surface area contributed by atoms with Crippen molar-refractivity contribution >= 4 is 5.91 Å². The van der Waals surface area contributed by atoms with Gasteiger partial charge in [0.15, 0.2) is 0 Å². The second kappa shape index (κ2) is 7.17. The normalized spacial score (nSPS) is 15.3. The van der Waals surface area contributed by atoms with Crippen LogP contribution < -0.4 is 0 Å². The zero-order valence-electron chi connectivity index (χ0n) is 15.0. The van der Waals surface area contributed by atoms with Crippen molar-refractivity contribution in [3.63, 3.8) is 0 Å². The van der Waals surface area contributed by atoms with Gasteiger partial charge in [-0.05, 0) is 17.7 Å². The lowest BCUT2D eigenvalue weighted by atomic mass is 10.2. The molecule has 1 amide bonds.